The molecule has 0 N–H and O–H groups in total. The summed E-state index contributed by atoms with van der Waals surface area (Å²) in [4.78, 5) is 13.8. The maximum atomic E-state index is 12.0. The summed E-state index contributed by atoms with van der Waals surface area (Å²) in [6.07, 6.45) is 0.931. The molecule has 0 aliphatic rings. The molecule has 0 aliphatic carbocycles. The van der Waals surface area contributed by atoms with Crippen molar-refractivity contribution in [1.29, 1.82) is 5.26 Å². The van der Waals surface area contributed by atoms with Crippen LogP contribution >= 0.6 is 0 Å². The maximum Gasteiger partial charge on any atom is 0.260 e. The summed E-state index contributed by atoms with van der Waals surface area (Å²) in [5.41, 5.74) is 0.577. The zero-order valence-corrected chi connectivity index (χ0v) is 11.7. The van der Waals surface area contributed by atoms with Crippen LogP contribution in [0.4, 0.5) is 0 Å². The van der Waals surface area contributed by atoms with Gasteiger partial charge in [0.1, 0.15) is 5.75 Å². The summed E-state index contributed by atoms with van der Waals surface area (Å²) in [6.45, 7) is 6.81. The van der Waals surface area contributed by atoms with Crippen LogP contribution in [0.5, 0.6) is 5.75 Å². The van der Waals surface area contributed by atoms with E-state index in [0.717, 1.165) is 13.0 Å². The smallest absolute Gasteiger partial charge is 0.260 e. The Balaban J connectivity index is 2.54. The molecule has 102 valence electrons. The number of nitrogens with zero attached hydrogens (tertiary/aromatic N) is 2. The van der Waals surface area contributed by atoms with Crippen molar-refractivity contribution in [2.24, 2.45) is 0 Å². The second-order valence-corrected chi connectivity index (χ2v) is 4.61. The molecule has 4 heteroatoms. The van der Waals surface area contributed by atoms with Crippen LogP contribution in [0, 0.1) is 11.3 Å². The highest BCUT2D eigenvalue weighted by Crippen LogP contribution is 2.12. The first kappa shape index (κ1) is 15.0. The quantitative estimate of drug-likeness (QED) is 0.790. The Bertz CT molecular complexity index is 446. The van der Waals surface area contributed by atoms with Crippen LogP contribution in [0.25, 0.3) is 0 Å². The van der Waals surface area contributed by atoms with E-state index in [4.69, 9.17) is 10.00 Å². The number of carbonyl (C=O) groups excluding carboxylic acids is 1. The maximum absolute atomic E-state index is 12.0. The van der Waals surface area contributed by atoms with E-state index >= 15 is 0 Å². The monoisotopic (exact) mass is 260 g/mol. The Morgan fingerprint density at radius 1 is 1.37 bits per heavy atom. The third-order valence-corrected chi connectivity index (χ3v) is 2.75. The largest absolute Gasteiger partial charge is 0.484 e. The molecule has 0 saturated heterocycles. The first-order chi connectivity index (χ1) is 9.08. The Morgan fingerprint density at radius 2 is 2.00 bits per heavy atom. The number of carbonyl (C=O) groups is 1. The first-order valence-corrected chi connectivity index (χ1v) is 6.51. The fourth-order valence-electron chi connectivity index (χ4n) is 1.77. The van der Waals surface area contributed by atoms with Crippen molar-refractivity contribution in [3.05, 3.63) is 29.8 Å². The highest BCUT2D eigenvalue weighted by atomic mass is 16.5. The summed E-state index contributed by atoms with van der Waals surface area (Å²) >= 11 is 0. The van der Waals surface area contributed by atoms with E-state index in [9.17, 15) is 4.79 Å². The molecular weight excluding hydrogens is 240 g/mol. The van der Waals surface area contributed by atoms with Crippen LogP contribution in [-0.2, 0) is 4.79 Å². The second kappa shape index (κ2) is 7.42. The van der Waals surface area contributed by atoms with E-state index in [1.54, 1.807) is 24.3 Å². The number of hydrogen-bond acceptors (Lipinski definition) is 3. The normalized spacial score (nSPS) is 10.1. The molecule has 1 rings (SSSR count). The lowest BCUT2D eigenvalue weighted by molar-refractivity contribution is -0.135. The van der Waals surface area contributed by atoms with Gasteiger partial charge in [-0.2, -0.15) is 5.26 Å². The van der Waals surface area contributed by atoms with Crippen LogP contribution in [0.3, 0.4) is 0 Å². The Hall–Kier alpha value is -2.02. The van der Waals surface area contributed by atoms with Crippen LogP contribution in [0.1, 0.15) is 32.8 Å². The van der Waals surface area contributed by atoms with Crippen LogP contribution in [-0.4, -0.2) is 30.0 Å². The highest BCUT2D eigenvalue weighted by Gasteiger charge is 2.16. The predicted molar refractivity (Wildman–Crippen MR) is 73.8 cm³/mol. The minimum atomic E-state index is -0.0128. The van der Waals surface area contributed by atoms with Crippen molar-refractivity contribution in [2.45, 2.75) is 33.2 Å². The average Bonchev–Trinajstić information content (AvgIpc) is 2.42. The molecule has 19 heavy (non-hydrogen) atoms. The number of benzene rings is 1. The lowest BCUT2D eigenvalue weighted by Crippen LogP contribution is -2.40. The molecule has 0 heterocycles. The van der Waals surface area contributed by atoms with Gasteiger partial charge in [-0.3, -0.25) is 4.79 Å². The van der Waals surface area contributed by atoms with E-state index in [1.165, 1.54) is 0 Å². The predicted octanol–water partition coefficient (Wildman–Crippen LogP) is 2.58. The molecule has 0 aromatic heterocycles. The number of hydrogen-bond donors (Lipinski definition) is 0. The molecule has 0 saturated carbocycles. The Labute approximate surface area is 114 Å². The number of nitriles is 1. The van der Waals surface area contributed by atoms with Gasteiger partial charge in [-0.25, -0.2) is 0 Å². The van der Waals surface area contributed by atoms with Gasteiger partial charge < -0.3 is 9.64 Å². The summed E-state index contributed by atoms with van der Waals surface area (Å²) < 4.78 is 5.44. The van der Waals surface area contributed by atoms with Crippen molar-refractivity contribution < 1.29 is 9.53 Å². The number of rotatable bonds is 6. The molecule has 1 aromatic carbocycles. The van der Waals surface area contributed by atoms with Gasteiger partial charge in [-0.05, 0) is 44.5 Å². The van der Waals surface area contributed by atoms with Gasteiger partial charge in [-0.15, -0.1) is 0 Å². The fourth-order valence-corrected chi connectivity index (χ4v) is 1.77. The number of ether oxygens (including phenoxy) is 1. The molecule has 0 atom stereocenters. The SMILES string of the molecule is CCCN(C(=O)COc1ccc(C#N)cc1)C(C)C. The Kier molecular flexibility index (Phi) is 5.87. The third-order valence-electron chi connectivity index (χ3n) is 2.75. The average molecular weight is 260 g/mol. The lowest BCUT2D eigenvalue weighted by atomic mass is 10.2. The van der Waals surface area contributed by atoms with Gasteiger partial charge in [0.15, 0.2) is 6.61 Å². The highest BCUT2D eigenvalue weighted by molar-refractivity contribution is 5.78. The molecule has 0 bridgehead atoms. The first-order valence-electron chi connectivity index (χ1n) is 6.51. The van der Waals surface area contributed by atoms with E-state index in [1.807, 2.05) is 31.7 Å². The van der Waals surface area contributed by atoms with E-state index in [2.05, 4.69) is 0 Å². The van der Waals surface area contributed by atoms with Crippen LogP contribution in [0.2, 0.25) is 0 Å². The van der Waals surface area contributed by atoms with Crippen LogP contribution < -0.4 is 4.74 Å². The zero-order chi connectivity index (χ0) is 14.3. The standard InChI is InChI=1S/C15H20N2O2/c1-4-9-17(12(2)3)15(18)11-19-14-7-5-13(10-16)6-8-14/h5-8,12H,4,9,11H2,1-3H3. The van der Waals surface area contributed by atoms with Crippen LogP contribution in [0.15, 0.2) is 24.3 Å². The molecule has 1 amide bonds. The molecule has 4 nitrogen and oxygen atoms in total. The minimum Gasteiger partial charge on any atom is -0.484 e. The van der Waals surface area contributed by atoms with Gasteiger partial charge in [0.2, 0.25) is 0 Å². The van der Waals surface area contributed by atoms with Crippen molar-refractivity contribution >= 4 is 5.91 Å². The second-order valence-electron chi connectivity index (χ2n) is 4.61. The van der Waals surface area contributed by atoms with Gasteiger partial charge in [0, 0.05) is 12.6 Å². The molecule has 1 aromatic rings. The summed E-state index contributed by atoms with van der Waals surface area (Å²) in [6, 6.07) is 8.96. The van der Waals surface area contributed by atoms with E-state index in [-0.39, 0.29) is 18.6 Å². The van der Waals surface area contributed by atoms with Gasteiger partial charge in [-0.1, -0.05) is 6.92 Å². The minimum absolute atomic E-state index is 0.0128. The topological polar surface area (TPSA) is 53.3 Å². The van der Waals surface area contributed by atoms with Crippen molar-refractivity contribution in [3.8, 4) is 11.8 Å². The summed E-state index contributed by atoms with van der Waals surface area (Å²) in [7, 11) is 0. The molecule has 0 unspecified atom stereocenters. The molecular formula is C15H20N2O2. The molecule has 0 aliphatic heterocycles. The van der Waals surface area contributed by atoms with Gasteiger partial charge in [0.25, 0.3) is 5.91 Å². The lowest BCUT2D eigenvalue weighted by Gasteiger charge is -2.26. The van der Waals surface area contributed by atoms with E-state index in [0.29, 0.717) is 11.3 Å². The molecule has 0 spiro atoms. The summed E-state index contributed by atoms with van der Waals surface area (Å²) in [5, 5.41) is 8.69. The van der Waals surface area contributed by atoms with Crippen molar-refractivity contribution in [3.63, 3.8) is 0 Å². The van der Waals surface area contributed by atoms with Gasteiger partial charge in [0.05, 0.1) is 11.6 Å². The molecule has 0 fully saturated rings. The Morgan fingerprint density at radius 3 is 2.47 bits per heavy atom. The van der Waals surface area contributed by atoms with Crippen molar-refractivity contribution in [2.75, 3.05) is 13.2 Å². The summed E-state index contributed by atoms with van der Waals surface area (Å²) in [5.74, 6) is 0.591. The third kappa shape index (κ3) is 4.63. The fraction of sp³-hybridized carbons (Fsp3) is 0.467. The molecule has 0 radical (unpaired) electrons. The number of amides is 1. The van der Waals surface area contributed by atoms with Gasteiger partial charge >= 0.3 is 0 Å². The zero-order valence-electron chi connectivity index (χ0n) is 11.7. The van der Waals surface area contributed by atoms with Crippen molar-refractivity contribution in [1.82, 2.24) is 4.90 Å². The van der Waals surface area contributed by atoms with E-state index < -0.39 is 0 Å².